The van der Waals surface area contributed by atoms with E-state index in [2.05, 4.69) is 21.2 Å². The van der Waals surface area contributed by atoms with E-state index in [0.29, 0.717) is 44.6 Å². The largest absolute Gasteiger partial charge is 0.370 e. The van der Waals surface area contributed by atoms with Crippen LogP contribution < -0.4 is 5.32 Å². The van der Waals surface area contributed by atoms with E-state index in [1.54, 1.807) is 6.07 Å². The SMILES string of the molecule is O=C(NCCCC(=O)N1CCOC(c2ccccc2)C1)c1ccccc1Br. The molecule has 1 heterocycles. The molecule has 0 bridgehead atoms. The number of rotatable bonds is 6. The maximum absolute atomic E-state index is 12.5. The number of hydrogen-bond acceptors (Lipinski definition) is 3. The molecule has 27 heavy (non-hydrogen) atoms. The molecule has 6 heteroatoms. The van der Waals surface area contributed by atoms with E-state index in [-0.39, 0.29) is 17.9 Å². The minimum Gasteiger partial charge on any atom is -0.370 e. The molecule has 5 nitrogen and oxygen atoms in total. The Labute approximate surface area is 167 Å². The zero-order valence-electron chi connectivity index (χ0n) is 15.1. The lowest BCUT2D eigenvalue weighted by molar-refractivity contribution is -0.139. The van der Waals surface area contributed by atoms with Crippen molar-refractivity contribution in [3.8, 4) is 0 Å². The van der Waals surface area contributed by atoms with Crippen LogP contribution in [0.25, 0.3) is 0 Å². The molecule has 1 aliphatic rings. The van der Waals surface area contributed by atoms with Gasteiger partial charge in [-0.15, -0.1) is 0 Å². The van der Waals surface area contributed by atoms with Crippen molar-refractivity contribution in [2.24, 2.45) is 0 Å². The number of carbonyl (C=O) groups excluding carboxylic acids is 2. The Balaban J connectivity index is 1.43. The monoisotopic (exact) mass is 430 g/mol. The molecular weight excluding hydrogens is 408 g/mol. The molecule has 0 aliphatic carbocycles. The van der Waals surface area contributed by atoms with Crippen molar-refractivity contribution in [3.63, 3.8) is 0 Å². The molecule has 1 unspecified atom stereocenters. The molecule has 1 fully saturated rings. The van der Waals surface area contributed by atoms with E-state index in [1.807, 2.05) is 53.4 Å². The van der Waals surface area contributed by atoms with E-state index in [1.165, 1.54) is 0 Å². The highest BCUT2D eigenvalue weighted by Gasteiger charge is 2.24. The third-order valence-corrected chi connectivity index (χ3v) is 5.25. The predicted molar refractivity (Wildman–Crippen MR) is 107 cm³/mol. The Kier molecular flexibility index (Phi) is 7.01. The van der Waals surface area contributed by atoms with Crippen LogP contribution in [0.5, 0.6) is 0 Å². The van der Waals surface area contributed by atoms with Crippen molar-refractivity contribution in [2.75, 3.05) is 26.2 Å². The lowest BCUT2D eigenvalue weighted by atomic mass is 10.1. The van der Waals surface area contributed by atoms with Crippen LogP contribution in [0.4, 0.5) is 0 Å². The number of benzene rings is 2. The third-order valence-electron chi connectivity index (χ3n) is 4.56. The number of nitrogens with zero attached hydrogens (tertiary/aromatic N) is 1. The predicted octanol–water partition coefficient (Wildman–Crippen LogP) is 3.56. The van der Waals surface area contributed by atoms with Gasteiger partial charge in [-0.25, -0.2) is 0 Å². The molecule has 2 aromatic rings. The first-order valence-corrected chi connectivity index (χ1v) is 9.91. The Morgan fingerprint density at radius 2 is 1.85 bits per heavy atom. The van der Waals surface area contributed by atoms with Crippen molar-refractivity contribution in [1.82, 2.24) is 10.2 Å². The fourth-order valence-corrected chi connectivity index (χ4v) is 3.55. The van der Waals surface area contributed by atoms with Gasteiger partial charge in [-0.05, 0) is 40.0 Å². The first kappa shape index (κ1) is 19.6. The normalized spacial score (nSPS) is 16.8. The molecule has 1 N–H and O–H groups in total. The second-order valence-corrected chi connectivity index (χ2v) is 7.30. The highest BCUT2D eigenvalue weighted by molar-refractivity contribution is 9.10. The van der Waals surface area contributed by atoms with E-state index < -0.39 is 0 Å². The smallest absolute Gasteiger partial charge is 0.252 e. The van der Waals surface area contributed by atoms with Crippen molar-refractivity contribution in [2.45, 2.75) is 18.9 Å². The van der Waals surface area contributed by atoms with Crippen molar-refractivity contribution in [1.29, 1.82) is 0 Å². The summed E-state index contributed by atoms with van der Waals surface area (Å²) >= 11 is 3.37. The Bertz CT molecular complexity index is 782. The summed E-state index contributed by atoms with van der Waals surface area (Å²) in [5.74, 6) is -0.0280. The van der Waals surface area contributed by atoms with Gasteiger partial charge in [-0.3, -0.25) is 9.59 Å². The van der Waals surface area contributed by atoms with E-state index in [4.69, 9.17) is 4.74 Å². The number of ether oxygens (including phenoxy) is 1. The minimum atomic E-state index is -0.134. The summed E-state index contributed by atoms with van der Waals surface area (Å²) in [5, 5.41) is 2.87. The van der Waals surface area contributed by atoms with E-state index in [9.17, 15) is 9.59 Å². The summed E-state index contributed by atoms with van der Waals surface area (Å²) in [5.41, 5.74) is 1.69. The Morgan fingerprint density at radius 3 is 2.63 bits per heavy atom. The fraction of sp³-hybridized carbons (Fsp3) is 0.333. The van der Waals surface area contributed by atoms with Crippen LogP contribution in [0.3, 0.4) is 0 Å². The van der Waals surface area contributed by atoms with Gasteiger partial charge in [0.25, 0.3) is 5.91 Å². The molecule has 2 amide bonds. The summed E-state index contributed by atoms with van der Waals surface area (Å²) < 4.78 is 6.57. The number of amides is 2. The van der Waals surface area contributed by atoms with Crippen LogP contribution in [-0.2, 0) is 9.53 Å². The summed E-state index contributed by atoms with van der Waals surface area (Å²) in [7, 11) is 0. The van der Waals surface area contributed by atoms with Gasteiger partial charge in [-0.2, -0.15) is 0 Å². The number of halogens is 1. The molecule has 142 valence electrons. The molecule has 1 saturated heterocycles. The van der Waals surface area contributed by atoms with Crippen LogP contribution in [0, 0.1) is 0 Å². The standard InChI is InChI=1S/C21H23BrN2O3/c22-18-10-5-4-9-17(18)21(26)23-12-6-11-20(25)24-13-14-27-19(15-24)16-7-2-1-3-8-16/h1-5,7-10,19H,6,11-15H2,(H,23,26). The van der Waals surface area contributed by atoms with Crippen LogP contribution in [0.15, 0.2) is 59.1 Å². The second-order valence-electron chi connectivity index (χ2n) is 6.45. The maximum atomic E-state index is 12.5. The van der Waals surface area contributed by atoms with E-state index >= 15 is 0 Å². The lowest BCUT2D eigenvalue weighted by Gasteiger charge is -2.33. The number of hydrogen-bond donors (Lipinski definition) is 1. The van der Waals surface area contributed by atoms with Gasteiger partial charge in [0.1, 0.15) is 6.10 Å². The summed E-state index contributed by atoms with van der Waals surface area (Å²) in [6.45, 7) is 2.21. The highest BCUT2D eigenvalue weighted by Crippen LogP contribution is 2.22. The molecule has 0 spiro atoms. The van der Waals surface area contributed by atoms with Crippen LogP contribution in [0.1, 0.15) is 34.9 Å². The molecule has 0 radical (unpaired) electrons. The minimum absolute atomic E-state index is 0.0703. The zero-order chi connectivity index (χ0) is 19.1. The summed E-state index contributed by atoms with van der Waals surface area (Å²) in [4.78, 5) is 26.5. The van der Waals surface area contributed by atoms with Crippen LogP contribution >= 0.6 is 15.9 Å². The molecule has 2 aromatic carbocycles. The first-order chi connectivity index (χ1) is 13.1. The van der Waals surface area contributed by atoms with Crippen molar-refractivity contribution in [3.05, 3.63) is 70.2 Å². The van der Waals surface area contributed by atoms with Gasteiger partial charge in [0, 0.05) is 24.0 Å². The first-order valence-electron chi connectivity index (χ1n) is 9.12. The Hall–Kier alpha value is -2.18. The maximum Gasteiger partial charge on any atom is 0.252 e. The molecule has 3 rings (SSSR count). The summed E-state index contributed by atoms with van der Waals surface area (Å²) in [6.07, 6.45) is 0.958. The van der Waals surface area contributed by atoms with Crippen molar-refractivity contribution >= 4 is 27.7 Å². The molecule has 0 saturated carbocycles. The second kappa shape index (κ2) is 9.67. The van der Waals surface area contributed by atoms with Gasteiger partial charge < -0.3 is 15.0 Å². The fourth-order valence-electron chi connectivity index (χ4n) is 3.09. The Morgan fingerprint density at radius 1 is 1.11 bits per heavy atom. The summed E-state index contributed by atoms with van der Waals surface area (Å²) in [6, 6.07) is 17.3. The molecule has 0 aromatic heterocycles. The molecular formula is C21H23BrN2O3. The third kappa shape index (κ3) is 5.40. The van der Waals surface area contributed by atoms with Crippen molar-refractivity contribution < 1.29 is 14.3 Å². The number of nitrogens with one attached hydrogen (secondary N) is 1. The van der Waals surface area contributed by atoms with Crippen LogP contribution in [0.2, 0.25) is 0 Å². The zero-order valence-corrected chi connectivity index (χ0v) is 16.7. The quantitative estimate of drug-likeness (QED) is 0.712. The average Bonchev–Trinajstić information content (AvgIpc) is 2.72. The van der Waals surface area contributed by atoms with Gasteiger partial charge in [0.05, 0.1) is 18.7 Å². The lowest BCUT2D eigenvalue weighted by Crippen LogP contribution is -2.42. The van der Waals surface area contributed by atoms with Gasteiger partial charge in [-0.1, -0.05) is 42.5 Å². The topological polar surface area (TPSA) is 58.6 Å². The highest BCUT2D eigenvalue weighted by atomic mass is 79.9. The molecule has 1 atom stereocenters. The van der Waals surface area contributed by atoms with E-state index in [0.717, 1.165) is 10.0 Å². The number of carbonyl (C=O) groups is 2. The van der Waals surface area contributed by atoms with Gasteiger partial charge >= 0.3 is 0 Å². The number of morpholine rings is 1. The molecule has 1 aliphatic heterocycles. The van der Waals surface area contributed by atoms with Gasteiger partial charge in [0.2, 0.25) is 5.91 Å². The van der Waals surface area contributed by atoms with Crippen LogP contribution in [-0.4, -0.2) is 43.0 Å². The van der Waals surface area contributed by atoms with Gasteiger partial charge in [0.15, 0.2) is 0 Å². The average molecular weight is 431 g/mol.